The van der Waals surface area contributed by atoms with Gasteiger partial charge in [0.05, 0.1) is 0 Å². The van der Waals surface area contributed by atoms with E-state index in [9.17, 15) is 9.90 Å². The van der Waals surface area contributed by atoms with Gasteiger partial charge in [0.1, 0.15) is 6.29 Å². The number of anilines is 1. The summed E-state index contributed by atoms with van der Waals surface area (Å²) in [6.07, 6.45) is 1.01. The number of aromatic nitrogens is 2. The summed E-state index contributed by atoms with van der Waals surface area (Å²) in [6, 6.07) is 1.76. The van der Waals surface area contributed by atoms with E-state index in [1.54, 1.807) is 19.2 Å². The van der Waals surface area contributed by atoms with Crippen LogP contribution in [-0.2, 0) is 4.74 Å². The van der Waals surface area contributed by atoms with Gasteiger partial charge in [-0.15, -0.1) is 0 Å². The summed E-state index contributed by atoms with van der Waals surface area (Å²) >= 11 is 0.560. The van der Waals surface area contributed by atoms with E-state index in [0.717, 1.165) is 12.8 Å². The number of nitrogens with one attached hydrogen (secondary N) is 1. The first-order chi connectivity index (χ1) is 9.85. The Balaban J connectivity index is 0.000000491. The molecule has 0 aromatic carbocycles. The van der Waals surface area contributed by atoms with Gasteiger partial charge in [0, 0.05) is 0 Å². The van der Waals surface area contributed by atoms with Crippen LogP contribution in [0.5, 0.6) is 0 Å². The molecule has 1 aromatic heterocycles. The number of nitrogens with zero attached hydrogens (tertiary/aromatic N) is 2. The van der Waals surface area contributed by atoms with Gasteiger partial charge in [-0.3, -0.25) is 0 Å². The van der Waals surface area contributed by atoms with Crippen LogP contribution in [-0.4, -0.2) is 69.4 Å². The van der Waals surface area contributed by atoms with E-state index >= 15 is 0 Å². The van der Waals surface area contributed by atoms with Gasteiger partial charge < -0.3 is 10.2 Å². The van der Waals surface area contributed by atoms with Gasteiger partial charge in [-0.2, -0.15) is 0 Å². The van der Waals surface area contributed by atoms with E-state index in [-0.39, 0.29) is 18.0 Å². The Morgan fingerprint density at radius 2 is 2.05 bits per heavy atom. The van der Waals surface area contributed by atoms with Crippen LogP contribution in [0, 0.1) is 0 Å². The predicted molar refractivity (Wildman–Crippen MR) is 76.6 cm³/mol. The van der Waals surface area contributed by atoms with Crippen LogP contribution in [0.2, 0.25) is 0 Å². The minimum Gasteiger partial charge on any atom is -0.368 e. The minimum absolute atomic E-state index is 0.190. The number of ether oxygens (including phenoxy) is 1. The largest absolute Gasteiger partial charge is 0.368 e. The summed E-state index contributed by atoms with van der Waals surface area (Å²) in [4.78, 5) is 15.7. The van der Waals surface area contributed by atoms with E-state index in [1.807, 2.05) is 0 Å². The third-order valence-electron chi connectivity index (χ3n) is 2.86. The summed E-state index contributed by atoms with van der Waals surface area (Å²) in [5.41, 5.74) is -0.313. The fourth-order valence-corrected chi connectivity index (χ4v) is 2.54. The Morgan fingerprint density at radius 3 is 2.48 bits per heavy atom. The fraction of sp³-hybridized carbons (Fsp3) is 0.667. The van der Waals surface area contributed by atoms with Gasteiger partial charge in [-0.05, 0) is 6.92 Å². The fourth-order valence-electron chi connectivity index (χ4n) is 1.92. The smallest absolute Gasteiger partial charge is 0.148 e. The maximum atomic E-state index is 11.8. The SMILES string of the molecule is CC(O)C1CCC(n2ccc([NH][Tl])nc2=O)O1.CC(O)O. The maximum Gasteiger partial charge on any atom is 0.148 e. The molecule has 3 atom stereocenters. The zero-order valence-corrected chi connectivity index (χ0v) is 16.5. The predicted octanol–water partition coefficient (Wildman–Crippen LogP) is -0.886. The zero-order valence-electron chi connectivity index (χ0n) is 12.0. The monoisotopic (exact) mass is 491 g/mol. The number of aliphatic hydroxyl groups excluding tert-OH is 2. The first-order valence-corrected chi connectivity index (χ1v) is 8.85. The first-order valence-electron chi connectivity index (χ1n) is 6.60. The molecule has 1 saturated heterocycles. The van der Waals surface area contributed by atoms with E-state index in [1.165, 1.54) is 11.5 Å². The second kappa shape index (κ2) is 8.78. The molecule has 0 saturated carbocycles. The molecule has 4 N–H and O–H groups in total. The molecular weight excluding hydrogens is 471 g/mol. The average molecular weight is 491 g/mol. The molecule has 8 nitrogen and oxygen atoms in total. The Hall–Kier alpha value is -0.558. The molecule has 116 valence electrons. The Morgan fingerprint density at radius 1 is 1.43 bits per heavy atom. The molecule has 1 fully saturated rings. The van der Waals surface area contributed by atoms with Crippen LogP contribution in [0.15, 0.2) is 17.1 Å². The van der Waals surface area contributed by atoms with Crippen LogP contribution in [0.1, 0.15) is 32.9 Å². The number of hydrogen-bond donors (Lipinski definition) is 4. The molecule has 2 rings (SSSR count). The van der Waals surface area contributed by atoms with Gasteiger partial charge in [-0.25, -0.2) is 0 Å². The van der Waals surface area contributed by atoms with Crippen LogP contribution in [0.4, 0.5) is 5.82 Å². The molecule has 1 aliphatic heterocycles. The molecule has 0 aliphatic carbocycles. The van der Waals surface area contributed by atoms with Crippen molar-refractivity contribution in [3.05, 3.63) is 22.7 Å². The topological polar surface area (TPSA) is 117 Å². The van der Waals surface area contributed by atoms with Crippen LogP contribution in [0.25, 0.3) is 0 Å². The van der Waals surface area contributed by atoms with Crippen molar-refractivity contribution in [3.63, 3.8) is 0 Å². The molecule has 0 spiro atoms. The quantitative estimate of drug-likeness (QED) is 0.321. The number of hydrogen-bond acceptors (Lipinski definition) is 7. The van der Waals surface area contributed by atoms with Crippen LogP contribution >= 0.6 is 0 Å². The first kappa shape index (κ1) is 18.5. The molecule has 1 aromatic rings. The van der Waals surface area contributed by atoms with Gasteiger partial charge in [0.25, 0.3) is 0 Å². The van der Waals surface area contributed by atoms with Crippen molar-refractivity contribution in [3.8, 4) is 0 Å². The molecule has 3 unspecified atom stereocenters. The summed E-state index contributed by atoms with van der Waals surface area (Å²) in [5, 5.41) is 24.7. The average Bonchev–Trinajstić information content (AvgIpc) is 2.87. The molecular formula is C12H20N3O5Tl. The molecule has 9 heteroatoms. The van der Waals surface area contributed by atoms with Gasteiger partial charge in [0.15, 0.2) is 0 Å². The summed E-state index contributed by atoms with van der Waals surface area (Å²) < 4.78 is 10.1. The van der Waals surface area contributed by atoms with Crippen molar-refractivity contribution < 1.29 is 20.1 Å². The zero-order chi connectivity index (χ0) is 16.0. The molecule has 21 heavy (non-hydrogen) atoms. The second-order valence-electron chi connectivity index (χ2n) is 4.73. The normalized spacial score (nSPS) is 22.5. The summed E-state index contributed by atoms with van der Waals surface area (Å²) in [7, 11) is 0. The minimum atomic E-state index is -1.17. The van der Waals surface area contributed by atoms with Crippen molar-refractivity contribution >= 4 is 31.9 Å². The van der Waals surface area contributed by atoms with Gasteiger partial charge in [0.2, 0.25) is 0 Å². The van der Waals surface area contributed by atoms with Crippen molar-refractivity contribution in [1.29, 1.82) is 0 Å². The second-order valence-corrected chi connectivity index (χ2v) is 5.85. The molecule has 1 aliphatic rings. The van der Waals surface area contributed by atoms with Crippen molar-refractivity contribution in [2.75, 3.05) is 3.13 Å². The van der Waals surface area contributed by atoms with Gasteiger partial charge >= 0.3 is 115 Å². The third-order valence-corrected chi connectivity index (χ3v) is 4.01. The molecule has 0 bridgehead atoms. The standard InChI is InChI=1S/C10H15N3O3.C2H6O2.Tl/c1-6(14)7-2-3-9(16-7)13-5-4-8(11)12-10(13)15;1-2(3)4;/h4-7,9,14H,2-3H2,1H3,(H2,11,12,15);2-4H,1H3;/q;;+1/p-1. The van der Waals surface area contributed by atoms with Crippen LogP contribution < -0.4 is 8.82 Å². The summed E-state index contributed by atoms with van der Waals surface area (Å²) in [6.45, 7) is 2.98. The Bertz CT molecular complexity index is 491. The van der Waals surface area contributed by atoms with E-state index < -0.39 is 12.4 Å². The van der Waals surface area contributed by atoms with Gasteiger partial charge in [-0.1, -0.05) is 0 Å². The Labute approximate surface area is 138 Å². The van der Waals surface area contributed by atoms with E-state index in [2.05, 4.69) is 8.11 Å². The van der Waals surface area contributed by atoms with Crippen molar-refractivity contribution in [2.24, 2.45) is 0 Å². The number of aliphatic hydroxyl groups is 3. The molecule has 2 heterocycles. The maximum absolute atomic E-state index is 11.8. The Kier molecular flexibility index (Phi) is 7.73. The van der Waals surface area contributed by atoms with Crippen molar-refractivity contribution in [2.45, 2.75) is 51.4 Å². The molecule has 0 amide bonds. The third kappa shape index (κ3) is 5.98. The molecule has 0 radical (unpaired) electrons. The van der Waals surface area contributed by atoms with Crippen molar-refractivity contribution in [1.82, 2.24) is 9.55 Å². The summed E-state index contributed by atoms with van der Waals surface area (Å²) in [5.74, 6) is 0.612. The van der Waals surface area contributed by atoms with E-state index in [0.29, 0.717) is 31.9 Å². The number of rotatable bonds is 3. The van der Waals surface area contributed by atoms with E-state index in [4.69, 9.17) is 14.9 Å². The van der Waals surface area contributed by atoms with Crippen LogP contribution in [0.3, 0.4) is 0 Å².